The Labute approximate surface area is 101 Å². The van der Waals surface area contributed by atoms with E-state index in [2.05, 4.69) is 31.0 Å². The monoisotopic (exact) mass is 228 g/mol. The molecule has 0 aliphatic carbocycles. The van der Waals surface area contributed by atoms with Crippen LogP contribution in [-0.2, 0) is 4.74 Å². The Morgan fingerprint density at radius 3 is 2.81 bits per heavy atom. The molecule has 1 rings (SSSR count). The zero-order chi connectivity index (χ0) is 12.0. The Balaban J connectivity index is 2.34. The maximum atomic E-state index is 5.46. The molecule has 1 atom stereocenters. The Morgan fingerprint density at radius 2 is 2.19 bits per heavy atom. The topological polar surface area (TPSA) is 24.5 Å². The molecular formula is C13H28N2O. The summed E-state index contributed by atoms with van der Waals surface area (Å²) in [5.41, 5.74) is 0.353. The predicted octanol–water partition coefficient (Wildman–Crippen LogP) is 1.73. The lowest BCUT2D eigenvalue weighted by Crippen LogP contribution is -2.46. The third-order valence-corrected chi connectivity index (χ3v) is 3.30. The molecule has 0 bridgehead atoms. The molecule has 1 heterocycles. The van der Waals surface area contributed by atoms with Crippen molar-refractivity contribution in [2.24, 2.45) is 5.41 Å². The van der Waals surface area contributed by atoms with E-state index in [-0.39, 0.29) is 0 Å². The quantitative estimate of drug-likeness (QED) is 0.749. The molecule has 0 saturated carbocycles. The minimum Gasteiger partial charge on any atom is -0.380 e. The van der Waals surface area contributed by atoms with E-state index in [9.17, 15) is 0 Å². The fourth-order valence-corrected chi connectivity index (χ4v) is 2.47. The fraction of sp³-hybridized carbons (Fsp3) is 1.00. The minimum absolute atomic E-state index is 0.353. The molecule has 3 nitrogen and oxygen atoms in total. The van der Waals surface area contributed by atoms with Crippen LogP contribution < -0.4 is 5.32 Å². The average molecular weight is 228 g/mol. The first kappa shape index (κ1) is 13.9. The molecule has 1 fully saturated rings. The summed E-state index contributed by atoms with van der Waals surface area (Å²) in [6.45, 7) is 12.5. The van der Waals surface area contributed by atoms with Crippen LogP contribution in [0.25, 0.3) is 0 Å². The number of ether oxygens (including phenoxy) is 1. The SMILES string of the molecule is CCNCC(C)(C)CN1CCCC(OC)C1. The third kappa shape index (κ3) is 4.81. The van der Waals surface area contributed by atoms with E-state index >= 15 is 0 Å². The molecule has 0 aromatic carbocycles. The van der Waals surface area contributed by atoms with Crippen LogP contribution in [0.5, 0.6) is 0 Å². The summed E-state index contributed by atoms with van der Waals surface area (Å²) in [5.74, 6) is 0. The van der Waals surface area contributed by atoms with Gasteiger partial charge in [-0.1, -0.05) is 20.8 Å². The van der Waals surface area contributed by atoms with Crippen LogP contribution in [0, 0.1) is 5.41 Å². The van der Waals surface area contributed by atoms with Crippen molar-refractivity contribution in [1.29, 1.82) is 0 Å². The number of rotatable bonds is 6. The number of piperidine rings is 1. The Kier molecular flexibility index (Phi) is 5.73. The second-order valence-corrected chi connectivity index (χ2v) is 5.68. The summed E-state index contributed by atoms with van der Waals surface area (Å²) in [4.78, 5) is 2.55. The zero-order valence-electron chi connectivity index (χ0n) is 11.4. The number of nitrogens with one attached hydrogen (secondary N) is 1. The van der Waals surface area contributed by atoms with Gasteiger partial charge in [0, 0.05) is 26.7 Å². The summed E-state index contributed by atoms with van der Waals surface area (Å²) in [5, 5.41) is 3.45. The number of hydrogen-bond acceptors (Lipinski definition) is 3. The highest BCUT2D eigenvalue weighted by atomic mass is 16.5. The molecular weight excluding hydrogens is 200 g/mol. The van der Waals surface area contributed by atoms with Crippen molar-refractivity contribution in [3.05, 3.63) is 0 Å². The smallest absolute Gasteiger partial charge is 0.0698 e. The normalized spacial score (nSPS) is 23.6. The largest absolute Gasteiger partial charge is 0.380 e. The van der Waals surface area contributed by atoms with E-state index in [0.717, 1.165) is 19.6 Å². The lowest BCUT2D eigenvalue weighted by molar-refractivity contribution is 0.0185. The molecule has 3 heteroatoms. The molecule has 16 heavy (non-hydrogen) atoms. The van der Waals surface area contributed by atoms with Gasteiger partial charge in [0.25, 0.3) is 0 Å². The summed E-state index contributed by atoms with van der Waals surface area (Å²) in [6.07, 6.45) is 2.94. The van der Waals surface area contributed by atoms with E-state index in [1.807, 2.05) is 7.11 Å². The van der Waals surface area contributed by atoms with Gasteiger partial charge < -0.3 is 15.0 Å². The second-order valence-electron chi connectivity index (χ2n) is 5.68. The fourth-order valence-electron chi connectivity index (χ4n) is 2.47. The first-order valence-corrected chi connectivity index (χ1v) is 6.53. The van der Waals surface area contributed by atoms with Crippen molar-refractivity contribution in [3.8, 4) is 0 Å². The van der Waals surface area contributed by atoms with E-state index in [0.29, 0.717) is 11.5 Å². The molecule has 1 unspecified atom stereocenters. The van der Waals surface area contributed by atoms with Gasteiger partial charge in [-0.15, -0.1) is 0 Å². The highest BCUT2D eigenvalue weighted by molar-refractivity contribution is 4.80. The molecule has 1 N–H and O–H groups in total. The summed E-state index contributed by atoms with van der Waals surface area (Å²) < 4.78 is 5.46. The molecule has 96 valence electrons. The van der Waals surface area contributed by atoms with Crippen molar-refractivity contribution in [1.82, 2.24) is 10.2 Å². The van der Waals surface area contributed by atoms with Gasteiger partial charge in [-0.2, -0.15) is 0 Å². The van der Waals surface area contributed by atoms with Crippen LogP contribution in [0.4, 0.5) is 0 Å². The summed E-state index contributed by atoms with van der Waals surface area (Å²) in [6, 6.07) is 0. The van der Waals surface area contributed by atoms with Gasteiger partial charge in [0.1, 0.15) is 0 Å². The highest BCUT2D eigenvalue weighted by Crippen LogP contribution is 2.20. The van der Waals surface area contributed by atoms with Crippen molar-refractivity contribution < 1.29 is 4.74 Å². The first-order chi connectivity index (χ1) is 7.57. The predicted molar refractivity (Wildman–Crippen MR) is 68.8 cm³/mol. The van der Waals surface area contributed by atoms with Gasteiger partial charge >= 0.3 is 0 Å². The lowest BCUT2D eigenvalue weighted by Gasteiger charge is -2.37. The summed E-state index contributed by atoms with van der Waals surface area (Å²) >= 11 is 0. The molecule has 0 spiro atoms. The molecule has 0 amide bonds. The number of methoxy groups -OCH3 is 1. The Hall–Kier alpha value is -0.120. The maximum absolute atomic E-state index is 5.46. The van der Waals surface area contributed by atoms with Crippen LogP contribution in [0.15, 0.2) is 0 Å². The number of nitrogens with zero attached hydrogens (tertiary/aromatic N) is 1. The molecule has 0 aromatic rings. The van der Waals surface area contributed by atoms with Crippen LogP contribution in [0.3, 0.4) is 0 Å². The zero-order valence-corrected chi connectivity index (χ0v) is 11.4. The number of likely N-dealkylation sites (tertiary alicyclic amines) is 1. The molecule has 1 saturated heterocycles. The highest BCUT2D eigenvalue weighted by Gasteiger charge is 2.25. The lowest BCUT2D eigenvalue weighted by atomic mass is 9.91. The van der Waals surface area contributed by atoms with Gasteiger partial charge in [-0.25, -0.2) is 0 Å². The minimum atomic E-state index is 0.353. The standard InChI is InChI=1S/C13H28N2O/c1-5-14-10-13(2,3)11-15-8-6-7-12(9-15)16-4/h12,14H,5-11H2,1-4H3. The molecule has 0 aromatic heterocycles. The third-order valence-electron chi connectivity index (χ3n) is 3.30. The molecule has 0 radical (unpaired) electrons. The van der Waals surface area contributed by atoms with Crippen LogP contribution in [-0.4, -0.2) is 50.8 Å². The van der Waals surface area contributed by atoms with E-state index in [1.54, 1.807) is 0 Å². The molecule has 1 aliphatic rings. The Morgan fingerprint density at radius 1 is 1.44 bits per heavy atom. The van der Waals surface area contributed by atoms with Crippen molar-refractivity contribution >= 4 is 0 Å². The second kappa shape index (κ2) is 6.58. The van der Waals surface area contributed by atoms with E-state index in [4.69, 9.17) is 4.74 Å². The summed E-state index contributed by atoms with van der Waals surface area (Å²) in [7, 11) is 1.83. The van der Waals surface area contributed by atoms with Crippen molar-refractivity contribution in [3.63, 3.8) is 0 Å². The Bertz CT molecular complexity index is 194. The molecule has 1 aliphatic heterocycles. The number of hydrogen-bond donors (Lipinski definition) is 1. The van der Waals surface area contributed by atoms with E-state index in [1.165, 1.54) is 25.9 Å². The van der Waals surface area contributed by atoms with Gasteiger partial charge in [0.15, 0.2) is 0 Å². The maximum Gasteiger partial charge on any atom is 0.0698 e. The van der Waals surface area contributed by atoms with Gasteiger partial charge in [-0.3, -0.25) is 0 Å². The van der Waals surface area contributed by atoms with Crippen molar-refractivity contribution in [2.45, 2.75) is 39.7 Å². The van der Waals surface area contributed by atoms with Gasteiger partial charge in [0.05, 0.1) is 6.10 Å². The van der Waals surface area contributed by atoms with Gasteiger partial charge in [0.2, 0.25) is 0 Å². The van der Waals surface area contributed by atoms with E-state index < -0.39 is 0 Å². The first-order valence-electron chi connectivity index (χ1n) is 6.53. The van der Waals surface area contributed by atoms with Crippen LogP contribution in [0.1, 0.15) is 33.6 Å². The average Bonchev–Trinajstić information content (AvgIpc) is 2.26. The van der Waals surface area contributed by atoms with Crippen LogP contribution in [0.2, 0.25) is 0 Å². The van der Waals surface area contributed by atoms with Crippen molar-refractivity contribution in [2.75, 3.05) is 39.8 Å². The van der Waals surface area contributed by atoms with Crippen LogP contribution >= 0.6 is 0 Å². The van der Waals surface area contributed by atoms with Gasteiger partial charge in [-0.05, 0) is 31.3 Å².